The second kappa shape index (κ2) is 5.89. The summed E-state index contributed by atoms with van der Waals surface area (Å²) in [5, 5.41) is 0. The lowest BCUT2D eigenvalue weighted by molar-refractivity contribution is 0.712. The third-order valence-corrected chi connectivity index (χ3v) is 7.56. The van der Waals surface area contributed by atoms with E-state index < -0.39 is 0 Å². The van der Waals surface area contributed by atoms with Gasteiger partial charge in [0.1, 0.15) is 0 Å². The Balaban J connectivity index is 1.64. The molecular weight excluding hydrogens is 340 g/mol. The standard InChI is InChI=1S/C19H21BrS/c20-19(16-10-9-13-6-4-7-14(13)11-16)18-12-15-5-2-1-3-8-17(15)21-18/h9-12,19H,1-8H2. The average molecular weight is 361 g/mol. The van der Waals surface area contributed by atoms with Crippen LogP contribution in [0.3, 0.4) is 0 Å². The number of hydrogen-bond donors (Lipinski definition) is 0. The zero-order chi connectivity index (χ0) is 14.2. The van der Waals surface area contributed by atoms with E-state index in [0.717, 1.165) is 0 Å². The summed E-state index contributed by atoms with van der Waals surface area (Å²) < 4.78 is 0. The molecule has 0 amide bonds. The number of hydrogen-bond acceptors (Lipinski definition) is 1. The van der Waals surface area contributed by atoms with Crippen molar-refractivity contribution in [3.63, 3.8) is 0 Å². The van der Waals surface area contributed by atoms with Crippen molar-refractivity contribution >= 4 is 27.3 Å². The second-order valence-corrected chi connectivity index (χ2v) is 8.49. The Morgan fingerprint density at radius 2 is 1.62 bits per heavy atom. The van der Waals surface area contributed by atoms with Crippen LogP contribution in [0, 0.1) is 0 Å². The Hall–Kier alpha value is -0.600. The van der Waals surface area contributed by atoms with E-state index in [1.54, 1.807) is 21.6 Å². The fourth-order valence-corrected chi connectivity index (χ4v) is 5.69. The Morgan fingerprint density at radius 3 is 2.57 bits per heavy atom. The molecule has 0 nitrogen and oxygen atoms in total. The van der Waals surface area contributed by atoms with Gasteiger partial charge in [-0.25, -0.2) is 0 Å². The van der Waals surface area contributed by atoms with Gasteiger partial charge in [-0.05, 0) is 73.3 Å². The maximum Gasteiger partial charge on any atom is 0.0738 e. The molecule has 0 fully saturated rings. The molecule has 4 rings (SSSR count). The van der Waals surface area contributed by atoms with Gasteiger partial charge in [-0.15, -0.1) is 11.3 Å². The molecule has 1 heterocycles. The lowest BCUT2D eigenvalue weighted by Gasteiger charge is -2.10. The summed E-state index contributed by atoms with van der Waals surface area (Å²) in [5.74, 6) is 0. The summed E-state index contributed by atoms with van der Waals surface area (Å²) in [7, 11) is 0. The van der Waals surface area contributed by atoms with Crippen LogP contribution in [0.15, 0.2) is 24.3 Å². The fraction of sp³-hybridized carbons (Fsp3) is 0.474. The number of rotatable bonds is 2. The van der Waals surface area contributed by atoms with Gasteiger partial charge in [-0.2, -0.15) is 0 Å². The number of halogens is 1. The highest BCUT2D eigenvalue weighted by atomic mass is 79.9. The molecule has 2 heteroatoms. The lowest BCUT2D eigenvalue weighted by Crippen LogP contribution is -1.92. The van der Waals surface area contributed by atoms with E-state index in [1.807, 2.05) is 11.3 Å². The van der Waals surface area contributed by atoms with Crippen molar-refractivity contribution in [2.45, 2.75) is 56.2 Å². The molecular formula is C19H21BrS. The van der Waals surface area contributed by atoms with Gasteiger partial charge >= 0.3 is 0 Å². The number of aryl methyl sites for hydroxylation is 4. The second-order valence-electron chi connectivity index (χ2n) is 6.40. The maximum absolute atomic E-state index is 3.96. The molecule has 0 saturated heterocycles. The minimum absolute atomic E-state index is 0.375. The molecule has 21 heavy (non-hydrogen) atoms. The zero-order valence-electron chi connectivity index (χ0n) is 12.3. The van der Waals surface area contributed by atoms with Crippen LogP contribution in [-0.2, 0) is 25.7 Å². The molecule has 2 aromatic rings. The van der Waals surface area contributed by atoms with Crippen LogP contribution in [-0.4, -0.2) is 0 Å². The molecule has 110 valence electrons. The van der Waals surface area contributed by atoms with E-state index in [9.17, 15) is 0 Å². The highest BCUT2D eigenvalue weighted by molar-refractivity contribution is 9.09. The molecule has 1 unspecified atom stereocenters. The Labute approximate surface area is 139 Å². The van der Waals surface area contributed by atoms with Crippen molar-refractivity contribution in [2.24, 2.45) is 0 Å². The largest absolute Gasteiger partial charge is 0.144 e. The SMILES string of the molecule is BrC(c1ccc2c(c1)CCC2)c1cc2c(s1)CCCCC2. The minimum atomic E-state index is 0.375. The molecule has 1 aromatic heterocycles. The topological polar surface area (TPSA) is 0 Å². The Morgan fingerprint density at radius 1 is 0.810 bits per heavy atom. The quantitative estimate of drug-likeness (QED) is 0.455. The molecule has 2 aliphatic rings. The van der Waals surface area contributed by atoms with E-state index >= 15 is 0 Å². The molecule has 0 saturated carbocycles. The van der Waals surface area contributed by atoms with E-state index in [-0.39, 0.29) is 0 Å². The van der Waals surface area contributed by atoms with Crippen molar-refractivity contribution in [2.75, 3.05) is 0 Å². The molecule has 2 aliphatic carbocycles. The highest BCUT2D eigenvalue weighted by Gasteiger charge is 2.19. The summed E-state index contributed by atoms with van der Waals surface area (Å²) in [4.78, 5) is 3.52. The minimum Gasteiger partial charge on any atom is -0.144 e. The van der Waals surface area contributed by atoms with Gasteiger partial charge in [0.25, 0.3) is 0 Å². The third-order valence-electron chi connectivity index (χ3n) is 4.93. The molecule has 0 bridgehead atoms. The van der Waals surface area contributed by atoms with Crippen molar-refractivity contribution < 1.29 is 0 Å². The molecule has 1 atom stereocenters. The maximum atomic E-state index is 3.96. The normalized spacial score (nSPS) is 18.9. The number of thiophene rings is 1. The first-order valence-electron chi connectivity index (χ1n) is 8.18. The lowest BCUT2D eigenvalue weighted by atomic mass is 10.0. The predicted molar refractivity (Wildman–Crippen MR) is 94.8 cm³/mol. The highest BCUT2D eigenvalue weighted by Crippen LogP contribution is 2.40. The van der Waals surface area contributed by atoms with Gasteiger partial charge in [-0.1, -0.05) is 40.5 Å². The molecule has 0 radical (unpaired) electrons. The molecule has 1 aromatic carbocycles. The third kappa shape index (κ3) is 2.73. The van der Waals surface area contributed by atoms with Gasteiger partial charge in [0.05, 0.1) is 4.83 Å². The smallest absolute Gasteiger partial charge is 0.0738 e. The molecule has 0 spiro atoms. The Kier molecular flexibility index (Phi) is 3.93. The first kappa shape index (κ1) is 14.0. The summed E-state index contributed by atoms with van der Waals surface area (Å²) in [5.41, 5.74) is 6.21. The van der Waals surface area contributed by atoms with Gasteiger partial charge in [0.15, 0.2) is 0 Å². The number of alkyl halides is 1. The van der Waals surface area contributed by atoms with Crippen molar-refractivity contribution in [1.82, 2.24) is 0 Å². The zero-order valence-corrected chi connectivity index (χ0v) is 14.7. The first-order chi connectivity index (χ1) is 10.3. The van der Waals surface area contributed by atoms with E-state index in [4.69, 9.17) is 0 Å². The van der Waals surface area contributed by atoms with E-state index in [1.165, 1.54) is 61.8 Å². The van der Waals surface area contributed by atoms with Crippen LogP contribution in [0.25, 0.3) is 0 Å². The van der Waals surface area contributed by atoms with Crippen LogP contribution in [0.4, 0.5) is 0 Å². The summed E-state index contributed by atoms with van der Waals surface area (Å²) in [6.45, 7) is 0. The van der Waals surface area contributed by atoms with Gasteiger partial charge < -0.3 is 0 Å². The number of benzene rings is 1. The first-order valence-corrected chi connectivity index (χ1v) is 9.92. The van der Waals surface area contributed by atoms with E-state index in [2.05, 4.69) is 40.2 Å². The van der Waals surface area contributed by atoms with Gasteiger partial charge in [-0.3, -0.25) is 0 Å². The fourth-order valence-electron chi connectivity index (χ4n) is 3.73. The van der Waals surface area contributed by atoms with Crippen LogP contribution >= 0.6 is 27.3 Å². The number of fused-ring (bicyclic) bond motifs is 2. The van der Waals surface area contributed by atoms with Crippen LogP contribution < -0.4 is 0 Å². The molecule has 0 N–H and O–H groups in total. The van der Waals surface area contributed by atoms with Crippen LogP contribution in [0.5, 0.6) is 0 Å². The summed E-state index contributed by atoms with van der Waals surface area (Å²) in [6, 6.07) is 9.59. The van der Waals surface area contributed by atoms with Gasteiger partial charge in [0.2, 0.25) is 0 Å². The van der Waals surface area contributed by atoms with Crippen molar-refractivity contribution in [3.05, 3.63) is 56.3 Å². The summed E-state index contributed by atoms with van der Waals surface area (Å²) in [6.07, 6.45) is 10.6. The average Bonchev–Trinajstić information content (AvgIpc) is 3.08. The van der Waals surface area contributed by atoms with Crippen molar-refractivity contribution in [3.8, 4) is 0 Å². The van der Waals surface area contributed by atoms with E-state index in [0.29, 0.717) is 4.83 Å². The monoisotopic (exact) mass is 360 g/mol. The molecule has 0 aliphatic heterocycles. The Bertz CT molecular complexity index is 632. The summed E-state index contributed by atoms with van der Waals surface area (Å²) >= 11 is 6.00. The van der Waals surface area contributed by atoms with Gasteiger partial charge in [0, 0.05) is 9.75 Å². The van der Waals surface area contributed by atoms with Crippen LogP contribution in [0.2, 0.25) is 0 Å². The van der Waals surface area contributed by atoms with Crippen LogP contribution in [0.1, 0.15) is 62.5 Å². The van der Waals surface area contributed by atoms with Crippen molar-refractivity contribution in [1.29, 1.82) is 0 Å². The predicted octanol–water partition coefficient (Wildman–Crippen LogP) is 5.99.